The summed E-state index contributed by atoms with van der Waals surface area (Å²) in [6.45, 7) is 2.31. The van der Waals surface area contributed by atoms with E-state index < -0.39 is 0 Å². The van der Waals surface area contributed by atoms with E-state index >= 15 is 0 Å². The molecule has 0 saturated carbocycles. The van der Waals surface area contributed by atoms with Gasteiger partial charge in [-0.3, -0.25) is 9.79 Å². The molecule has 6 heteroatoms. The number of carbonyl (C=O) groups excluding carboxylic acids is 1. The zero-order chi connectivity index (χ0) is 19.3. The highest BCUT2D eigenvalue weighted by molar-refractivity contribution is 5.86. The van der Waals surface area contributed by atoms with Crippen LogP contribution in [0.3, 0.4) is 0 Å². The van der Waals surface area contributed by atoms with Crippen LogP contribution in [-0.4, -0.2) is 49.6 Å². The number of para-hydroxylation sites is 1. The van der Waals surface area contributed by atoms with Gasteiger partial charge < -0.3 is 20.3 Å². The minimum absolute atomic E-state index is 0.0743. The van der Waals surface area contributed by atoms with Gasteiger partial charge in [0.1, 0.15) is 11.9 Å². The van der Waals surface area contributed by atoms with E-state index in [1.165, 1.54) is 16.7 Å². The van der Waals surface area contributed by atoms with Gasteiger partial charge in [-0.2, -0.15) is 0 Å². The van der Waals surface area contributed by atoms with Crippen LogP contribution in [0.1, 0.15) is 16.7 Å². The Morgan fingerprint density at radius 2 is 1.86 bits per heavy atom. The molecule has 0 spiro atoms. The molecule has 0 saturated heterocycles. The van der Waals surface area contributed by atoms with Gasteiger partial charge in [0.15, 0.2) is 5.96 Å². The maximum Gasteiger partial charge on any atom is 0.242 e. The van der Waals surface area contributed by atoms with E-state index in [1.54, 1.807) is 7.05 Å². The Kier molecular flexibility index (Phi) is 5.46. The number of aliphatic imine (C=N–C) groups is 1. The first-order valence-corrected chi connectivity index (χ1v) is 9.76. The molecule has 146 valence electrons. The Labute approximate surface area is 165 Å². The van der Waals surface area contributed by atoms with Crippen molar-refractivity contribution in [1.29, 1.82) is 0 Å². The fraction of sp³-hybridized carbons (Fsp3) is 0.364. The molecule has 2 heterocycles. The third-order valence-electron chi connectivity index (χ3n) is 5.33. The molecular formula is C22H26N4O2. The van der Waals surface area contributed by atoms with Gasteiger partial charge in [0.25, 0.3) is 0 Å². The van der Waals surface area contributed by atoms with Gasteiger partial charge in [-0.05, 0) is 29.2 Å². The molecule has 2 aromatic rings. The predicted molar refractivity (Wildman–Crippen MR) is 109 cm³/mol. The molecule has 4 rings (SSSR count). The van der Waals surface area contributed by atoms with E-state index in [9.17, 15) is 4.79 Å². The highest BCUT2D eigenvalue weighted by Gasteiger charge is 2.23. The molecule has 0 fully saturated rings. The molecule has 0 aromatic heterocycles. The second-order valence-electron chi connectivity index (χ2n) is 7.19. The predicted octanol–water partition coefficient (Wildman–Crippen LogP) is 1.74. The quantitative estimate of drug-likeness (QED) is 0.628. The molecule has 2 N–H and O–H groups in total. The van der Waals surface area contributed by atoms with E-state index in [-0.39, 0.29) is 18.6 Å². The normalized spacial score (nSPS) is 18.1. The van der Waals surface area contributed by atoms with Crippen LogP contribution in [0, 0.1) is 0 Å². The van der Waals surface area contributed by atoms with Gasteiger partial charge in [0, 0.05) is 26.6 Å². The first kappa shape index (κ1) is 18.3. The number of ether oxygens (including phenoxy) is 1. The maximum atomic E-state index is 12.6. The lowest BCUT2D eigenvalue weighted by Crippen LogP contribution is -2.47. The summed E-state index contributed by atoms with van der Waals surface area (Å²) in [6.07, 6.45) is 1.87. The molecule has 0 bridgehead atoms. The second-order valence-corrected chi connectivity index (χ2v) is 7.19. The van der Waals surface area contributed by atoms with Crippen LogP contribution in [0.4, 0.5) is 0 Å². The fourth-order valence-electron chi connectivity index (χ4n) is 3.78. The van der Waals surface area contributed by atoms with Crippen molar-refractivity contribution in [3.8, 4) is 5.75 Å². The van der Waals surface area contributed by atoms with Crippen LogP contribution in [-0.2, 0) is 24.2 Å². The molecule has 1 atom stereocenters. The van der Waals surface area contributed by atoms with Crippen molar-refractivity contribution in [2.75, 3.05) is 26.7 Å². The maximum absolute atomic E-state index is 12.6. The van der Waals surface area contributed by atoms with Gasteiger partial charge in [-0.15, -0.1) is 0 Å². The first-order valence-electron chi connectivity index (χ1n) is 9.76. The molecular weight excluding hydrogens is 352 g/mol. The third-order valence-corrected chi connectivity index (χ3v) is 5.33. The van der Waals surface area contributed by atoms with Crippen LogP contribution in [0.25, 0.3) is 0 Å². The number of nitrogens with one attached hydrogen (secondary N) is 2. The fourth-order valence-corrected chi connectivity index (χ4v) is 3.78. The largest absolute Gasteiger partial charge is 0.488 e. The SMILES string of the molecule is CN=C(NCC(=O)N1CCc2ccccc2C1)NCC1Cc2ccccc2O1. The lowest BCUT2D eigenvalue weighted by molar-refractivity contribution is -0.130. The summed E-state index contributed by atoms with van der Waals surface area (Å²) in [5.41, 5.74) is 3.81. The summed E-state index contributed by atoms with van der Waals surface area (Å²) in [5, 5.41) is 6.39. The van der Waals surface area contributed by atoms with Crippen molar-refractivity contribution in [2.45, 2.75) is 25.5 Å². The lowest BCUT2D eigenvalue weighted by Gasteiger charge is -2.29. The molecule has 2 aliphatic rings. The van der Waals surface area contributed by atoms with E-state index in [4.69, 9.17) is 4.74 Å². The Morgan fingerprint density at radius 1 is 1.11 bits per heavy atom. The van der Waals surface area contributed by atoms with E-state index in [1.807, 2.05) is 29.2 Å². The first-order chi connectivity index (χ1) is 13.7. The van der Waals surface area contributed by atoms with Gasteiger partial charge in [-0.1, -0.05) is 42.5 Å². The molecule has 2 aliphatic heterocycles. The highest BCUT2D eigenvalue weighted by atomic mass is 16.5. The van der Waals surface area contributed by atoms with Crippen LogP contribution in [0.5, 0.6) is 5.75 Å². The van der Waals surface area contributed by atoms with Crippen molar-refractivity contribution < 1.29 is 9.53 Å². The van der Waals surface area contributed by atoms with Gasteiger partial charge in [-0.25, -0.2) is 0 Å². The Morgan fingerprint density at radius 3 is 2.64 bits per heavy atom. The van der Waals surface area contributed by atoms with Crippen molar-refractivity contribution in [3.63, 3.8) is 0 Å². The smallest absolute Gasteiger partial charge is 0.242 e. The molecule has 28 heavy (non-hydrogen) atoms. The zero-order valence-corrected chi connectivity index (χ0v) is 16.1. The number of rotatable bonds is 4. The van der Waals surface area contributed by atoms with E-state index in [2.05, 4.69) is 39.9 Å². The minimum atomic E-state index is 0.0743. The number of benzene rings is 2. The van der Waals surface area contributed by atoms with Crippen molar-refractivity contribution in [2.24, 2.45) is 4.99 Å². The minimum Gasteiger partial charge on any atom is -0.488 e. The Bertz CT molecular complexity index is 855. The molecule has 0 radical (unpaired) electrons. The second kappa shape index (κ2) is 8.33. The molecule has 0 aliphatic carbocycles. The van der Waals surface area contributed by atoms with Crippen LogP contribution in [0.15, 0.2) is 53.5 Å². The monoisotopic (exact) mass is 378 g/mol. The van der Waals surface area contributed by atoms with Crippen LogP contribution >= 0.6 is 0 Å². The Hall–Kier alpha value is -3.02. The van der Waals surface area contributed by atoms with Crippen molar-refractivity contribution >= 4 is 11.9 Å². The number of carbonyl (C=O) groups is 1. The summed E-state index contributed by atoms with van der Waals surface area (Å²) in [5.74, 6) is 1.66. The summed E-state index contributed by atoms with van der Waals surface area (Å²) in [6, 6.07) is 16.4. The molecule has 6 nitrogen and oxygen atoms in total. The topological polar surface area (TPSA) is 66.0 Å². The van der Waals surface area contributed by atoms with Gasteiger partial charge in [0.05, 0.1) is 13.1 Å². The molecule has 1 amide bonds. The number of fused-ring (bicyclic) bond motifs is 2. The number of hydrogen-bond acceptors (Lipinski definition) is 3. The summed E-state index contributed by atoms with van der Waals surface area (Å²) in [7, 11) is 1.71. The number of nitrogens with zero attached hydrogens (tertiary/aromatic N) is 2. The van der Waals surface area contributed by atoms with Gasteiger partial charge in [0.2, 0.25) is 5.91 Å². The number of amides is 1. The summed E-state index contributed by atoms with van der Waals surface area (Å²) < 4.78 is 5.94. The average molecular weight is 378 g/mol. The van der Waals surface area contributed by atoms with Crippen LogP contribution in [0.2, 0.25) is 0 Å². The highest BCUT2D eigenvalue weighted by Crippen LogP contribution is 2.27. The lowest BCUT2D eigenvalue weighted by atomic mass is 10.00. The van der Waals surface area contributed by atoms with Crippen LogP contribution < -0.4 is 15.4 Å². The summed E-state index contributed by atoms with van der Waals surface area (Å²) >= 11 is 0. The third kappa shape index (κ3) is 4.11. The molecule has 2 aromatic carbocycles. The number of hydrogen-bond donors (Lipinski definition) is 2. The van der Waals surface area contributed by atoms with E-state index in [0.29, 0.717) is 19.0 Å². The standard InChI is InChI=1S/C22H26N4O2/c1-23-22(24-13-19-12-17-7-4-5-9-20(17)28-19)25-14-21(27)26-11-10-16-6-2-3-8-18(16)15-26/h2-9,19H,10-15H2,1H3,(H2,23,24,25). The zero-order valence-electron chi connectivity index (χ0n) is 16.1. The Balaban J connectivity index is 1.23. The summed E-state index contributed by atoms with van der Waals surface area (Å²) in [4.78, 5) is 18.7. The van der Waals surface area contributed by atoms with E-state index in [0.717, 1.165) is 25.1 Å². The molecule has 1 unspecified atom stereocenters. The van der Waals surface area contributed by atoms with Crippen molar-refractivity contribution in [3.05, 3.63) is 65.2 Å². The average Bonchev–Trinajstić information content (AvgIpc) is 3.16. The number of guanidine groups is 1. The van der Waals surface area contributed by atoms with Crippen molar-refractivity contribution in [1.82, 2.24) is 15.5 Å². The van der Waals surface area contributed by atoms with Gasteiger partial charge >= 0.3 is 0 Å².